The highest BCUT2D eigenvalue weighted by Crippen LogP contribution is 2.30. The Hall–Kier alpha value is -2.61. The molecular formula is C18H21N7O. The molecule has 0 N–H and O–H groups in total. The molecule has 1 aliphatic carbocycles. The van der Waals surface area contributed by atoms with Crippen molar-refractivity contribution in [2.24, 2.45) is 0 Å². The minimum Gasteiger partial charge on any atom is -0.294 e. The maximum absolute atomic E-state index is 12.9. The number of hydrogen-bond donors (Lipinski definition) is 0. The molecule has 0 aromatic carbocycles. The van der Waals surface area contributed by atoms with E-state index in [9.17, 15) is 4.79 Å². The molecule has 1 saturated carbocycles. The van der Waals surface area contributed by atoms with Crippen molar-refractivity contribution in [1.82, 2.24) is 34.2 Å². The van der Waals surface area contributed by atoms with Crippen molar-refractivity contribution in [2.45, 2.75) is 51.4 Å². The van der Waals surface area contributed by atoms with Crippen LogP contribution in [-0.4, -0.2) is 40.7 Å². The fourth-order valence-corrected chi connectivity index (χ4v) is 4.16. The summed E-state index contributed by atoms with van der Waals surface area (Å²) in [5, 5.41) is 5.15. The van der Waals surface area contributed by atoms with Crippen LogP contribution in [0.4, 0.5) is 0 Å². The molecular weight excluding hydrogens is 330 g/mol. The van der Waals surface area contributed by atoms with E-state index in [1.165, 1.54) is 19.2 Å². The van der Waals surface area contributed by atoms with Gasteiger partial charge in [-0.3, -0.25) is 14.3 Å². The highest BCUT2D eigenvalue weighted by atomic mass is 16.1. The summed E-state index contributed by atoms with van der Waals surface area (Å²) in [6.45, 7) is 2.87. The van der Waals surface area contributed by atoms with E-state index in [4.69, 9.17) is 4.98 Å². The van der Waals surface area contributed by atoms with Gasteiger partial charge in [-0.05, 0) is 12.8 Å². The lowest BCUT2D eigenvalue weighted by Gasteiger charge is -2.28. The third-order valence-corrected chi connectivity index (χ3v) is 5.49. The Balaban J connectivity index is 1.49. The molecule has 26 heavy (non-hydrogen) atoms. The minimum absolute atomic E-state index is 0.0388. The van der Waals surface area contributed by atoms with Gasteiger partial charge >= 0.3 is 0 Å². The SMILES string of the molecule is O=c1c2cnn(C3CCCC3)c2nc2n1CCN(Cc1cncnc1)C2. The van der Waals surface area contributed by atoms with Crippen LogP contribution in [-0.2, 0) is 19.6 Å². The highest BCUT2D eigenvalue weighted by molar-refractivity contribution is 5.73. The summed E-state index contributed by atoms with van der Waals surface area (Å²) in [4.78, 5) is 28.2. The van der Waals surface area contributed by atoms with Crippen molar-refractivity contribution in [2.75, 3.05) is 6.54 Å². The molecule has 134 valence electrons. The Morgan fingerprint density at radius 1 is 1.08 bits per heavy atom. The molecule has 4 heterocycles. The van der Waals surface area contributed by atoms with Crippen LogP contribution in [0, 0.1) is 0 Å². The Kier molecular flexibility index (Phi) is 3.77. The molecule has 0 radical (unpaired) electrons. The van der Waals surface area contributed by atoms with E-state index >= 15 is 0 Å². The normalized spacial score (nSPS) is 18.5. The average molecular weight is 351 g/mol. The van der Waals surface area contributed by atoms with Crippen molar-refractivity contribution in [1.29, 1.82) is 0 Å². The zero-order valence-corrected chi connectivity index (χ0v) is 14.6. The summed E-state index contributed by atoms with van der Waals surface area (Å²) in [7, 11) is 0. The van der Waals surface area contributed by atoms with E-state index < -0.39 is 0 Å². The molecule has 0 saturated heterocycles. The van der Waals surface area contributed by atoms with Gasteiger partial charge in [0.2, 0.25) is 0 Å². The molecule has 8 heteroatoms. The fraction of sp³-hybridized carbons (Fsp3) is 0.500. The molecule has 2 aliphatic rings. The molecule has 3 aromatic heterocycles. The van der Waals surface area contributed by atoms with Crippen LogP contribution in [0.3, 0.4) is 0 Å². The summed E-state index contributed by atoms with van der Waals surface area (Å²) >= 11 is 0. The van der Waals surface area contributed by atoms with E-state index in [2.05, 4.69) is 20.0 Å². The first-order chi connectivity index (χ1) is 12.8. The van der Waals surface area contributed by atoms with Crippen molar-refractivity contribution in [3.8, 4) is 0 Å². The molecule has 8 nitrogen and oxygen atoms in total. The number of fused-ring (bicyclic) bond motifs is 2. The second-order valence-electron chi connectivity index (χ2n) is 7.21. The topological polar surface area (TPSA) is 81.7 Å². The van der Waals surface area contributed by atoms with Gasteiger partial charge in [-0.1, -0.05) is 12.8 Å². The van der Waals surface area contributed by atoms with Crippen LogP contribution in [0.2, 0.25) is 0 Å². The number of nitrogens with zero attached hydrogens (tertiary/aromatic N) is 7. The van der Waals surface area contributed by atoms with Gasteiger partial charge in [0, 0.05) is 37.6 Å². The zero-order valence-electron chi connectivity index (χ0n) is 14.6. The van der Waals surface area contributed by atoms with Crippen LogP contribution >= 0.6 is 0 Å². The lowest BCUT2D eigenvalue weighted by atomic mass is 10.2. The van der Waals surface area contributed by atoms with Crippen LogP contribution in [0.15, 0.2) is 29.7 Å². The molecule has 5 rings (SSSR count). The molecule has 0 amide bonds. The van der Waals surface area contributed by atoms with Gasteiger partial charge in [-0.2, -0.15) is 5.10 Å². The molecule has 0 unspecified atom stereocenters. The van der Waals surface area contributed by atoms with E-state index in [1.54, 1.807) is 10.8 Å². The van der Waals surface area contributed by atoms with Gasteiger partial charge in [0.05, 0.1) is 18.8 Å². The van der Waals surface area contributed by atoms with Crippen LogP contribution in [0.5, 0.6) is 0 Å². The van der Waals surface area contributed by atoms with Crippen LogP contribution in [0.1, 0.15) is 43.1 Å². The standard InChI is InChI=1S/C18H21N7O/c26-18-15-9-21-25(14-3-1-2-4-14)17(15)22-16-11-23(5-6-24(16)18)10-13-7-19-12-20-8-13/h7-9,12,14H,1-6,10-11H2. The predicted octanol–water partition coefficient (Wildman–Crippen LogP) is 1.51. The Bertz CT molecular complexity index is 988. The Morgan fingerprint density at radius 3 is 2.69 bits per heavy atom. The summed E-state index contributed by atoms with van der Waals surface area (Å²) in [6, 6.07) is 0.378. The maximum Gasteiger partial charge on any atom is 0.264 e. The summed E-state index contributed by atoms with van der Waals surface area (Å²) in [5.41, 5.74) is 1.86. The van der Waals surface area contributed by atoms with E-state index in [0.29, 0.717) is 24.5 Å². The van der Waals surface area contributed by atoms with Gasteiger partial charge in [0.15, 0.2) is 5.65 Å². The van der Waals surface area contributed by atoms with Crippen molar-refractivity contribution >= 4 is 11.0 Å². The summed E-state index contributed by atoms with van der Waals surface area (Å²) in [5.74, 6) is 0.824. The Morgan fingerprint density at radius 2 is 1.88 bits per heavy atom. The van der Waals surface area contributed by atoms with Crippen molar-refractivity contribution in [3.63, 3.8) is 0 Å². The number of aromatic nitrogens is 6. The quantitative estimate of drug-likeness (QED) is 0.711. The molecule has 3 aromatic rings. The second-order valence-corrected chi connectivity index (χ2v) is 7.21. The minimum atomic E-state index is 0.0388. The lowest BCUT2D eigenvalue weighted by molar-refractivity contribution is 0.204. The molecule has 0 spiro atoms. The lowest BCUT2D eigenvalue weighted by Crippen LogP contribution is -2.39. The number of hydrogen-bond acceptors (Lipinski definition) is 6. The number of rotatable bonds is 3. The summed E-state index contributed by atoms with van der Waals surface area (Å²) in [6.07, 6.45) is 11.6. The van der Waals surface area contributed by atoms with Gasteiger partial charge in [-0.15, -0.1) is 0 Å². The molecule has 0 bridgehead atoms. The van der Waals surface area contributed by atoms with Gasteiger partial charge in [-0.25, -0.2) is 19.6 Å². The average Bonchev–Trinajstić information content (AvgIpc) is 3.32. The summed E-state index contributed by atoms with van der Waals surface area (Å²) < 4.78 is 3.79. The maximum atomic E-state index is 12.9. The molecule has 0 atom stereocenters. The van der Waals surface area contributed by atoms with E-state index in [-0.39, 0.29) is 5.56 Å². The van der Waals surface area contributed by atoms with Gasteiger partial charge < -0.3 is 0 Å². The first kappa shape index (κ1) is 15.6. The highest BCUT2D eigenvalue weighted by Gasteiger charge is 2.25. The third kappa shape index (κ3) is 2.61. The van der Waals surface area contributed by atoms with Crippen molar-refractivity contribution < 1.29 is 0 Å². The first-order valence-electron chi connectivity index (χ1n) is 9.23. The smallest absolute Gasteiger partial charge is 0.264 e. The second kappa shape index (κ2) is 6.28. The van der Waals surface area contributed by atoms with Gasteiger partial charge in [0.25, 0.3) is 5.56 Å². The third-order valence-electron chi connectivity index (χ3n) is 5.49. The Labute approximate surface area is 150 Å². The molecule has 1 aliphatic heterocycles. The van der Waals surface area contributed by atoms with Gasteiger partial charge in [0.1, 0.15) is 17.5 Å². The molecule has 1 fully saturated rings. The van der Waals surface area contributed by atoms with Crippen LogP contribution in [0.25, 0.3) is 11.0 Å². The fourth-order valence-electron chi connectivity index (χ4n) is 4.16. The van der Waals surface area contributed by atoms with E-state index in [0.717, 1.165) is 43.0 Å². The first-order valence-corrected chi connectivity index (χ1v) is 9.23. The largest absolute Gasteiger partial charge is 0.294 e. The predicted molar refractivity (Wildman–Crippen MR) is 95.4 cm³/mol. The van der Waals surface area contributed by atoms with Crippen LogP contribution < -0.4 is 5.56 Å². The van der Waals surface area contributed by atoms with E-state index in [1.807, 2.05) is 17.1 Å². The van der Waals surface area contributed by atoms with Crippen molar-refractivity contribution in [3.05, 3.63) is 46.7 Å². The zero-order chi connectivity index (χ0) is 17.5. The monoisotopic (exact) mass is 351 g/mol.